The molecule has 0 unspecified atom stereocenters. The van der Waals surface area contributed by atoms with Gasteiger partial charge in [-0.15, -0.1) is 0 Å². The van der Waals surface area contributed by atoms with Gasteiger partial charge in [-0.05, 0) is 40.7 Å². The highest BCUT2D eigenvalue weighted by Gasteiger charge is 2.08. The topological polar surface area (TPSA) is 60.9 Å². The van der Waals surface area contributed by atoms with Crippen LogP contribution in [0, 0.1) is 26.0 Å². The van der Waals surface area contributed by atoms with Gasteiger partial charge in [0.15, 0.2) is 0 Å². The molecule has 0 aliphatic carbocycles. The van der Waals surface area contributed by atoms with Crippen molar-refractivity contribution in [2.24, 2.45) is 0 Å². The summed E-state index contributed by atoms with van der Waals surface area (Å²) in [5, 5.41) is 10.6. The Morgan fingerprint density at radius 2 is 1.62 bits per heavy atom. The molecular formula is C12H18N3O-. The Labute approximate surface area is 96.4 Å². The summed E-state index contributed by atoms with van der Waals surface area (Å²) in [4.78, 5) is 8.82. The van der Waals surface area contributed by atoms with Gasteiger partial charge in [-0.25, -0.2) is 4.98 Å². The van der Waals surface area contributed by atoms with Crippen LogP contribution >= 0.6 is 0 Å². The number of rotatable bonds is 3. The van der Waals surface area contributed by atoms with E-state index in [1.165, 1.54) is 0 Å². The van der Waals surface area contributed by atoms with Crippen molar-refractivity contribution in [2.75, 3.05) is 0 Å². The monoisotopic (exact) mass is 220 g/mol. The van der Waals surface area contributed by atoms with Crippen LogP contribution in [-0.2, 0) is 0 Å². The van der Waals surface area contributed by atoms with Gasteiger partial charge in [0.2, 0.25) is 0 Å². The van der Waals surface area contributed by atoms with Gasteiger partial charge in [0, 0.05) is 5.54 Å². The van der Waals surface area contributed by atoms with Gasteiger partial charge in [-0.1, -0.05) is 6.08 Å². The zero-order chi connectivity index (χ0) is 12.3. The smallest absolute Gasteiger partial charge is 0.0843 e. The SMILES string of the molecule is Cc1nc(C)c(/C=C\C(C)(C)N[O-])nc1C. The molecule has 1 rings (SSSR count). The van der Waals surface area contributed by atoms with Crippen LogP contribution in [0.25, 0.3) is 6.08 Å². The van der Waals surface area contributed by atoms with Crippen molar-refractivity contribution in [1.29, 1.82) is 0 Å². The number of nitrogens with zero attached hydrogens (tertiary/aromatic N) is 2. The van der Waals surface area contributed by atoms with Crippen molar-refractivity contribution in [3.8, 4) is 0 Å². The van der Waals surface area contributed by atoms with Gasteiger partial charge < -0.3 is 10.7 Å². The first-order valence-corrected chi connectivity index (χ1v) is 5.26. The molecule has 0 spiro atoms. The van der Waals surface area contributed by atoms with E-state index in [-0.39, 0.29) is 0 Å². The van der Waals surface area contributed by atoms with Crippen LogP contribution in [0.5, 0.6) is 0 Å². The molecule has 0 aromatic carbocycles. The largest absolute Gasteiger partial charge is 0.787 e. The van der Waals surface area contributed by atoms with E-state index in [1.807, 2.05) is 32.3 Å². The minimum absolute atomic E-state index is 0.576. The Bertz CT molecular complexity index is 411. The lowest BCUT2D eigenvalue weighted by molar-refractivity contribution is 0.557. The maximum absolute atomic E-state index is 10.6. The molecule has 0 saturated heterocycles. The van der Waals surface area contributed by atoms with E-state index in [4.69, 9.17) is 0 Å². The van der Waals surface area contributed by atoms with Crippen LogP contribution in [-0.4, -0.2) is 15.5 Å². The van der Waals surface area contributed by atoms with Crippen LogP contribution in [0.4, 0.5) is 0 Å². The van der Waals surface area contributed by atoms with E-state index in [1.54, 1.807) is 19.9 Å². The van der Waals surface area contributed by atoms with Crippen molar-refractivity contribution in [3.05, 3.63) is 34.1 Å². The third-order valence-corrected chi connectivity index (χ3v) is 2.44. The second-order valence-electron chi connectivity index (χ2n) is 4.52. The van der Waals surface area contributed by atoms with E-state index >= 15 is 0 Å². The minimum Gasteiger partial charge on any atom is -0.787 e. The molecule has 16 heavy (non-hydrogen) atoms. The number of hydrogen-bond donors (Lipinski definition) is 1. The second-order valence-corrected chi connectivity index (χ2v) is 4.52. The number of aromatic nitrogens is 2. The van der Waals surface area contributed by atoms with Crippen molar-refractivity contribution in [2.45, 2.75) is 40.2 Å². The van der Waals surface area contributed by atoms with Crippen LogP contribution in [0.2, 0.25) is 0 Å². The van der Waals surface area contributed by atoms with E-state index < -0.39 is 5.54 Å². The fourth-order valence-electron chi connectivity index (χ4n) is 1.21. The predicted octanol–water partition coefficient (Wildman–Crippen LogP) is 2.28. The molecule has 0 amide bonds. The molecule has 0 atom stereocenters. The molecule has 1 aromatic rings. The molecule has 4 nitrogen and oxygen atoms in total. The maximum atomic E-state index is 10.6. The molecule has 0 aliphatic rings. The van der Waals surface area contributed by atoms with Crippen LogP contribution in [0.3, 0.4) is 0 Å². The maximum Gasteiger partial charge on any atom is 0.0843 e. The zero-order valence-electron chi connectivity index (χ0n) is 10.5. The Balaban J connectivity index is 3.02. The fraction of sp³-hybridized carbons (Fsp3) is 0.500. The van der Waals surface area contributed by atoms with Crippen LogP contribution in [0.15, 0.2) is 6.08 Å². The third-order valence-electron chi connectivity index (χ3n) is 2.44. The predicted molar refractivity (Wildman–Crippen MR) is 65.9 cm³/mol. The number of aryl methyl sites for hydroxylation is 3. The zero-order valence-corrected chi connectivity index (χ0v) is 10.5. The lowest BCUT2D eigenvalue weighted by Crippen LogP contribution is -2.32. The number of nitrogens with one attached hydrogen (secondary N) is 1. The molecule has 4 heteroatoms. The number of hydrogen-bond acceptors (Lipinski definition) is 4. The van der Waals surface area contributed by atoms with Gasteiger partial charge >= 0.3 is 0 Å². The van der Waals surface area contributed by atoms with E-state index in [0.29, 0.717) is 0 Å². The van der Waals surface area contributed by atoms with Crippen LogP contribution < -0.4 is 5.48 Å². The summed E-state index contributed by atoms with van der Waals surface area (Å²) in [5.74, 6) is 0. The molecule has 0 aliphatic heterocycles. The standard InChI is InChI=1S/C12H18N3O/c1-8-9(2)14-11(10(3)13-8)6-7-12(4,5)15-16/h6-7,15H,1-5H3/q-1/b7-6-. The molecule has 1 aromatic heterocycles. The summed E-state index contributed by atoms with van der Waals surface area (Å²) in [5.41, 5.74) is 4.94. The summed E-state index contributed by atoms with van der Waals surface area (Å²) in [6.07, 6.45) is 3.63. The van der Waals surface area contributed by atoms with Crippen molar-refractivity contribution in [3.63, 3.8) is 0 Å². The molecule has 0 fully saturated rings. The fourth-order valence-corrected chi connectivity index (χ4v) is 1.21. The van der Waals surface area contributed by atoms with E-state index in [9.17, 15) is 5.21 Å². The summed E-state index contributed by atoms with van der Waals surface area (Å²) in [6.45, 7) is 9.39. The number of hydroxylamine groups is 1. The highest BCUT2D eigenvalue weighted by Crippen LogP contribution is 2.11. The molecule has 1 N–H and O–H groups in total. The Morgan fingerprint density at radius 3 is 2.19 bits per heavy atom. The van der Waals surface area contributed by atoms with Gasteiger partial charge in [0.05, 0.1) is 22.8 Å². The van der Waals surface area contributed by atoms with Crippen molar-refractivity contribution >= 4 is 6.08 Å². The average Bonchev–Trinajstić information content (AvgIpc) is 2.22. The van der Waals surface area contributed by atoms with Gasteiger partial charge in [-0.2, -0.15) is 0 Å². The lowest BCUT2D eigenvalue weighted by Gasteiger charge is -2.26. The summed E-state index contributed by atoms with van der Waals surface area (Å²) >= 11 is 0. The first kappa shape index (κ1) is 12.8. The van der Waals surface area contributed by atoms with Gasteiger partial charge in [-0.3, -0.25) is 4.98 Å². The Morgan fingerprint density at radius 1 is 1.06 bits per heavy atom. The Kier molecular flexibility index (Phi) is 3.78. The molecular weight excluding hydrogens is 202 g/mol. The van der Waals surface area contributed by atoms with E-state index in [0.717, 1.165) is 22.8 Å². The molecule has 88 valence electrons. The van der Waals surface area contributed by atoms with Crippen LogP contribution in [0.1, 0.15) is 36.6 Å². The van der Waals surface area contributed by atoms with Crippen molar-refractivity contribution < 1.29 is 0 Å². The quantitative estimate of drug-likeness (QED) is 0.794. The summed E-state index contributed by atoms with van der Waals surface area (Å²) in [6, 6.07) is 0. The normalized spacial score (nSPS) is 12.4. The summed E-state index contributed by atoms with van der Waals surface area (Å²) in [7, 11) is 0. The van der Waals surface area contributed by atoms with Gasteiger partial charge in [0.1, 0.15) is 0 Å². The summed E-state index contributed by atoms with van der Waals surface area (Å²) < 4.78 is 0. The average molecular weight is 220 g/mol. The highest BCUT2D eigenvalue weighted by molar-refractivity contribution is 5.49. The Hall–Kier alpha value is -1.26. The van der Waals surface area contributed by atoms with E-state index in [2.05, 4.69) is 9.97 Å². The third kappa shape index (κ3) is 3.12. The molecule has 0 saturated carbocycles. The van der Waals surface area contributed by atoms with Gasteiger partial charge in [0.25, 0.3) is 0 Å². The first-order valence-electron chi connectivity index (χ1n) is 5.26. The molecule has 1 heterocycles. The van der Waals surface area contributed by atoms with Crippen molar-refractivity contribution in [1.82, 2.24) is 15.4 Å². The first-order chi connectivity index (χ1) is 7.35. The minimum atomic E-state index is -0.576. The lowest BCUT2D eigenvalue weighted by atomic mass is 10.1. The highest BCUT2D eigenvalue weighted by atomic mass is 16.5. The molecule has 0 bridgehead atoms. The molecule has 0 radical (unpaired) electrons. The second kappa shape index (κ2) is 4.72.